The zero-order valence-electron chi connectivity index (χ0n) is 4.27. The van der Waals surface area contributed by atoms with Crippen LogP contribution in [0.3, 0.4) is 0 Å². The molecule has 0 nitrogen and oxygen atoms in total. The second-order valence-corrected chi connectivity index (χ2v) is 1.08. The summed E-state index contributed by atoms with van der Waals surface area (Å²) in [7, 11) is 0. The van der Waals surface area contributed by atoms with Crippen molar-refractivity contribution in [2.75, 3.05) is 0 Å². The average Bonchev–Trinajstić information content (AvgIpc) is 0.811. The van der Waals surface area contributed by atoms with E-state index in [1.54, 1.807) is 0 Å². The summed E-state index contributed by atoms with van der Waals surface area (Å²) in [5, 5.41) is 0. The van der Waals surface area contributed by atoms with Crippen LogP contribution >= 0.6 is 34.0 Å². The van der Waals surface area contributed by atoms with E-state index in [9.17, 15) is 0 Å². The molecule has 7 heavy (non-hydrogen) atoms. The zero-order chi connectivity index (χ0) is 3.58. The van der Waals surface area contributed by atoms with Gasteiger partial charge in [0.15, 0.2) is 0 Å². The molecule has 3 heteroatoms. The zero-order valence-corrected chi connectivity index (χ0v) is 8.88. The predicted molar refractivity (Wildman–Crippen MR) is 39.8 cm³/mol. The molecule has 0 unspecified atom stereocenters. The van der Waals surface area contributed by atoms with Gasteiger partial charge in [0, 0.05) is 17.1 Å². The molecule has 0 spiro atoms. The van der Waals surface area contributed by atoms with Crippen molar-refractivity contribution < 1.29 is 17.1 Å². The summed E-state index contributed by atoms with van der Waals surface area (Å²) in [5.41, 5.74) is 0.917. The maximum Gasteiger partial charge on any atom is 0 e. The van der Waals surface area contributed by atoms with Crippen LogP contribution < -0.4 is 0 Å². The van der Waals surface area contributed by atoms with Gasteiger partial charge in [0.05, 0.1) is 0 Å². The predicted octanol–water partition coefficient (Wildman–Crippen LogP) is 2.54. The maximum absolute atomic E-state index is 5.03. The normalized spacial score (nSPS) is 3.71. The fourth-order valence-corrected chi connectivity index (χ4v) is 0. The standard InChI is InChI=1S/C4H7.2BrH.Mn/c1-4(2)3;;;/h1H,2-3H3;2*1H;/q-1;;;. The first-order valence-corrected chi connectivity index (χ1v) is 1.29. The first-order chi connectivity index (χ1) is 1.73. The summed E-state index contributed by atoms with van der Waals surface area (Å²) in [6.45, 7) is 8.75. The summed E-state index contributed by atoms with van der Waals surface area (Å²) in [5.74, 6) is 0. The minimum Gasteiger partial charge on any atom is -0.515 e. The van der Waals surface area contributed by atoms with Gasteiger partial charge in [-0.05, 0) is 0 Å². The van der Waals surface area contributed by atoms with E-state index in [1.807, 2.05) is 13.8 Å². The Balaban J connectivity index is -0.0000000150. The van der Waals surface area contributed by atoms with Gasteiger partial charge < -0.3 is 6.58 Å². The van der Waals surface area contributed by atoms with Crippen LogP contribution in [-0.4, -0.2) is 0 Å². The van der Waals surface area contributed by atoms with Gasteiger partial charge in [-0.3, -0.25) is 5.57 Å². The second kappa shape index (κ2) is 15.7. The van der Waals surface area contributed by atoms with Gasteiger partial charge in [-0.2, -0.15) is 0 Å². The van der Waals surface area contributed by atoms with Crippen molar-refractivity contribution in [3.63, 3.8) is 0 Å². The van der Waals surface area contributed by atoms with Gasteiger partial charge in [-0.15, -0.1) is 34.0 Å². The second-order valence-electron chi connectivity index (χ2n) is 1.08. The van der Waals surface area contributed by atoms with Crippen LogP contribution in [0.25, 0.3) is 0 Å². The van der Waals surface area contributed by atoms with Crippen molar-refractivity contribution >= 4 is 34.0 Å². The van der Waals surface area contributed by atoms with E-state index in [2.05, 4.69) is 0 Å². The van der Waals surface area contributed by atoms with Crippen LogP contribution in [-0.2, 0) is 17.1 Å². The van der Waals surface area contributed by atoms with E-state index in [-0.39, 0.29) is 51.0 Å². The summed E-state index contributed by atoms with van der Waals surface area (Å²) in [6, 6.07) is 0. The van der Waals surface area contributed by atoms with Crippen molar-refractivity contribution in [2.24, 2.45) is 0 Å². The Morgan fingerprint density at radius 2 is 1.14 bits per heavy atom. The molecule has 0 saturated carbocycles. The quantitative estimate of drug-likeness (QED) is 0.469. The molecule has 0 aliphatic carbocycles. The van der Waals surface area contributed by atoms with E-state index < -0.39 is 0 Å². The molecule has 0 aromatic carbocycles. The Kier molecular flexibility index (Phi) is 53.9. The van der Waals surface area contributed by atoms with Crippen molar-refractivity contribution in [3.8, 4) is 0 Å². The Bertz CT molecular complexity index is 32.7. The molecule has 0 bridgehead atoms. The fraction of sp³-hybridized carbons (Fsp3) is 0.500. The number of hydrogen-bond donors (Lipinski definition) is 0. The molecule has 0 aromatic heterocycles. The van der Waals surface area contributed by atoms with Crippen molar-refractivity contribution in [1.82, 2.24) is 0 Å². The third kappa shape index (κ3) is 132. The SMILES string of the molecule is Br.Br.[CH-]=C(C)C.[Mn]. The van der Waals surface area contributed by atoms with Crippen LogP contribution in [0.15, 0.2) is 5.57 Å². The van der Waals surface area contributed by atoms with Crippen LogP contribution in [0, 0.1) is 6.58 Å². The van der Waals surface area contributed by atoms with E-state index in [0.29, 0.717) is 0 Å². The van der Waals surface area contributed by atoms with E-state index in [0.717, 1.165) is 5.57 Å². The summed E-state index contributed by atoms with van der Waals surface area (Å²) in [4.78, 5) is 0. The number of rotatable bonds is 0. The smallest absolute Gasteiger partial charge is 0 e. The monoisotopic (exact) mass is 270 g/mol. The first kappa shape index (κ1) is 24.1. The Morgan fingerprint density at radius 3 is 1.14 bits per heavy atom. The average molecular weight is 272 g/mol. The molecule has 0 aliphatic rings. The maximum atomic E-state index is 5.03. The molecule has 0 saturated heterocycles. The topological polar surface area (TPSA) is 0 Å². The molecule has 0 rings (SSSR count). The van der Waals surface area contributed by atoms with E-state index in [1.165, 1.54) is 0 Å². The third-order valence-corrected chi connectivity index (χ3v) is 0. The molecule has 0 aliphatic heterocycles. The van der Waals surface area contributed by atoms with E-state index >= 15 is 0 Å². The number of hydrogen-bond acceptors (Lipinski definition) is 0. The first-order valence-electron chi connectivity index (χ1n) is 1.29. The molecule has 0 atom stereocenters. The van der Waals surface area contributed by atoms with Crippen LogP contribution in [0.5, 0.6) is 0 Å². The van der Waals surface area contributed by atoms with Gasteiger partial charge in [0.2, 0.25) is 0 Å². The van der Waals surface area contributed by atoms with Gasteiger partial charge in [-0.25, -0.2) is 0 Å². The summed E-state index contributed by atoms with van der Waals surface area (Å²) < 4.78 is 0. The molecule has 0 amide bonds. The third-order valence-electron chi connectivity index (χ3n) is 0. The van der Waals surface area contributed by atoms with Crippen molar-refractivity contribution in [3.05, 3.63) is 12.2 Å². The molecule has 47 valence electrons. The fourth-order valence-electron chi connectivity index (χ4n) is 0. The Morgan fingerprint density at radius 1 is 1.14 bits per heavy atom. The van der Waals surface area contributed by atoms with Crippen LogP contribution in [0.2, 0.25) is 0 Å². The van der Waals surface area contributed by atoms with Crippen molar-refractivity contribution in [1.29, 1.82) is 0 Å². The largest absolute Gasteiger partial charge is 0.515 e. The molecular formula is C4H9Br2Mn-. The molecule has 1 radical (unpaired) electrons. The number of allylic oxidation sites excluding steroid dienone is 1. The Labute approximate surface area is 76.8 Å². The van der Waals surface area contributed by atoms with Gasteiger partial charge in [-0.1, -0.05) is 13.8 Å². The molecule has 0 N–H and O–H groups in total. The molecule has 0 aromatic rings. The molecule has 0 heterocycles. The molecular weight excluding hydrogens is 263 g/mol. The van der Waals surface area contributed by atoms with Crippen molar-refractivity contribution in [2.45, 2.75) is 13.8 Å². The summed E-state index contributed by atoms with van der Waals surface area (Å²) in [6.07, 6.45) is 0. The van der Waals surface area contributed by atoms with Gasteiger partial charge in [0.25, 0.3) is 0 Å². The van der Waals surface area contributed by atoms with Crippen LogP contribution in [0.4, 0.5) is 0 Å². The van der Waals surface area contributed by atoms with E-state index in [4.69, 9.17) is 6.58 Å². The Hall–Kier alpha value is 1.22. The minimum absolute atomic E-state index is 0. The molecule has 0 fully saturated rings. The summed E-state index contributed by atoms with van der Waals surface area (Å²) >= 11 is 0. The van der Waals surface area contributed by atoms with Crippen LogP contribution in [0.1, 0.15) is 13.8 Å². The minimum atomic E-state index is 0. The van der Waals surface area contributed by atoms with Gasteiger partial charge >= 0.3 is 0 Å². The number of halogens is 2. The van der Waals surface area contributed by atoms with Gasteiger partial charge in [0.1, 0.15) is 0 Å².